The van der Waals surface area contributed by atoms with Gasteiger partial charge in [-0.1, -0.05) is 28.9 Å². The maximum Gasteiger partial charge on any atom is 0.176 e. The molecule has 1 aromatic heterocycles. The molecule has 2 aromatic carbocycles. The second kappa shape index (κ2) is 6.95. The Morgan fingerprint density at radius 3 is 2.46 bits per heavy atom. The highest BCUT2D eigenvalue weighted by atomic mass is 35.5. The summed E-state index contributed by atoms with van der Waals surface area (Å²) >= 11 is 5.92. The number of halogens is 1. The van der Waals surface area contributed by atoms with Crippen molar-refractivity contribution in [1.29, 1.82) is 0 Å². The summed E-state index contributed by atoms with van der Waals surface area (Å²) in [5.74, 6) is 1.70. The van der Waals surface area contributed by atoms with Crippen LogP contribution in [0, 0.1) is 0 Å². The van der Waals surface area contributed by atoms with E-state index in [0.29, 0.717) is 39.1 Å². The van der Waals surface area contributed by atoms with Gasteiger partial charge in [0.25, 0.3) is 0 Å². The van der Waals surface area contributed by atoms with Crippen LogP contribution in [-0.4, -0.2) is 24.5 Å². The molecule has 5 nitrogen and oxygen atoms in total. The van der Waals surface area contributed by atoms with Crippen molar-refractivity contribution in [2.75, 3.05) is 14.2 Å². The van der Waals surface area contributed by atoms with Crippen molar-refractivity contribution in [3.63, 3.8) is 0 Å². The standard InChI is InChI=1S/C18H16ClNO4/c1-22-13-7-8-14(16(9-13)23-2)18-15(10-21)17(20-24-18)11-3-5-12(19)6-4-11/h3-9,21H,10H2,1-2H3. The number of rotatable bonds is 5. The van der Waals surface area contributed by atoms with Crippen LogP contribution in [0.3, 0.4) is 0 Å². The molecule has 0 bridgehead atoms. The number of hydrogen-bond donors (Lipinski definition) is 1. The van der Waals surface area contributed by atoms with Crippen molar-refractivity contribution < 1.29 is 19.1 Å². The second-order valence-electron chi connectivity index (χ2n) is 5.07. The van der Waals surface area contributed by atoms with E-state index in [1.807, 2.05) is 18.2 Å². The van der Waals surface area contributed by atoms with E-state index in [9.17, 15) is 5.11 Å². The summed E-state index contributed by atoms with van der Waals surface area (Å²) in [5, 5.41) is 14.6. The number of aromatic nitrogens is 1. The normalized spacial score (nSPS) is 10.7. The third kappa shape index (κ3) is 2.96. The molecule has 0 saturated heterocycles. The van der Waals surface area contributed by atoms with Crippen LogP contribution in [0.25, 0.3) is 22.6 Å². The van der Waals surface area contributed by atoms with Gasteiger partial charge in [0.2, 0.25) is 0 Å². The first-order chi connectivity index (χ1) is 11.7. The quantitative estimate of drug-likeness (QED) is 0.751. The van der Waals surface area contributed by atoms with E-state index < -0.39 is 0 Å². The zero-order valence-electron chi connectivity index (χ0n) is 13.2. The Hall–Kier alpha value is -2.50. The van der Waals surface area contributed by atoms with Crippen LogP contribution in [0.5, 0.6) is 11.5 Å². The van der Waals surface area contributed by atoms with E-state index in [1.54, 1.807) is 38.5 Å². The molecule has 0 aliphatic carbocycles. The van der Waals surface area contributed by atoms with Crippen LogP contribution in [0.15, 0.2) is 47.0 Å². The lowest BCUT2D eigenvalue weighted by atomic mass is 10.0. The minimum atomic E-state index is -0.216. The van der Waals surface area contributed by atoms with Gasteiger partial charge in [-0.25, -0.2) is 0 Å². The Morgan fingerprint density at radius 1 is 1.08 bits per heavy atom. The molecule has 24 heavy (non-hydrogen) atoms. The topological polar surface area (TPSA) is 64.7 Å². The van der Waals surface area contributed by atoms with E-state index in [1.165, 1.54) is 0 Å². The largest absolute Gasteiger partial charge is 0.497 e. The van der Waals surface area contributed by atoms with E-state index in [2.05, 4.69) is 5.16 Å². The first kappa shape index (κ1) is 16.4. The average Bonchev–Trinajstić information content (AvgIpc) is 3.05. The molecule has 3 aromatic rings. The summed E-state index contributed by atoms with van der Waals surface area (Å²) in [6.07, 6.45) is 0. The Labute approximate surface area is 144 Å². The van der Waals surface area contributed by atoms with Crippen molar-refractivity contribution in [1.82, 2.24) is 5.16 Å². The molecule has 0 atom stereocenters. The van der Waals surface area contributed by atoms with Gasteiger partial charge in [-0.3, -0.25) is 0 Å². The number of nitrogens with zero attached hydrogens (tertiary/aromatic N) is 1. The molecule has 0 aliphatic heterocycles. The highest BCUT2D eigenvalue weighted by Gasteiger charge is 2.21. The van der Waals surface area contributed by atoms with Crippen molar-refractivity contribution in [3.8, 4) is 34.1 Å². The van der Waals surface area contributed by atoms with Crippen molar-refractivity contribution in [2.45, 2.75) is 6.61 Å². The summed E-state index contributed by atoms with van der Waals surface area (Å²) in [7, 11) is 3.15. The first-order valence-corrected chi connectivity index (χ1v) is 7.63. The molecule has 1 heterocycles. The Kier molecular flexibility index (Phi) is 4.74. The fourth-order valence-corrected chi connectivity index (χ4v) is 2.61. The Balaban J connectivity index is 2.11. The molecule has 0 amide bonds. The summed E-state index contributed by atoms with van der Waals surface area (Å²) in [5.41, 5.74) is 2.66. The molecule has 124 valence electrons. The lowest BCUT2D eigenvalue weighted by Crippen LogP contribution is -1.93. The van der Waals surface area contributed by atoms with Crippen LogP contribution < -0.4 is 9.47 Å². The molecule has 0 saturated carbocycles. The molecule has 0 radical (unpaired) electrons. The summed E-state index contributed by atoms with van der Waals surface area (Å²) < 4.78 is 16.1. The average molecular weight is 346 g/mol. The third-order valence-corrected chi connectivity index (χ3v) is 3.97. The van der Waals surface area contributed by atoms with E-state index in [4.69, 9.17) is 25.6 Å². The number of hydrogen-bond acceptors (Lipinski definition) is 5. The zero-order chi connectivity index (χ0) is 17.1. The molecule has 0 fully saturated rings. The van der Waals surface area contributed by atoms with Crippen LogP contribution in [0.2, 0.25) is 5.02 Å². The number of aliphatic hydroxyl groups excluding tert-OH is 1. The molecule has 0 spiro atoms. The molecule has 0 aliphatic rings. The minimum Gasteiger partial charge on any atom is -0.497 e. The van der Waals surface area contributed by atoms with Crippen molar-refractivity contribution in [3.05, 3.63) is 53.1 Å². The maximum atomic E-state index is 9.84. The Bertz CT molecular complexity index is 843. The van der Waals surface area contributed by atoms with Gasteiger partial charge in [-0.15, -0.1) is 0 Å². The van der Waals surface area contributed by atoms with Gasteiger partial charge in [-0.05, 0) is 24.3 Å². The van der Waals surface area contributed by atoms with Gasteiger partial charge in [0, 0.05) is 16.7 Å². The lowest BCUT2D eigenvalue weighted by molar-refractivity contribution is 0.281. The van der Waals surface area contributed by atoms with Crippen LogP contribution in [0.4, 0.5) is 0 Å². The smallest absolute Gasteiger partial charge is 0.176 e. The molecular weight excluding hydrogens is 330 g/mol. The van der Waals surface area contributed by atoms with Gasteiger partial charge in [0.15, 0.2) is 5.76 Å². The number of benzene rings is 2. The van der Waals surface area contributed by atoms with E-state index in [0.717, 1.165) is 5.56 Å². The van der Waals surface area contributed by atoms with Crippen LogP contribution in [-0.2, 0) is 6.61 Å². The van der Waals surface area contributed by atoms with E-state index >= 15 is 0 Å². The highest BCUT2D eigenvalue weighted by Crippen LogP contribution is 2.38. The van der Waals surface area contributed by atoms with Crippen molar-refractivity contribution in [2.24, 2.45) is 0 Å². The SMILES string of the molecule is COc1ccc(-c2onc(-c3ccc(Cl)cc3)c2CO)c(OC)c1. The number of aliphatic hydroxyl groups is 1. The van der Waals surface area contributed by atoms with Crippen LogP contribution >= 0.6 is 11.6 Å². The summed E-state index contributed by atoms with van der Waals surface area (Å²) in [4.78, 5) is 0. The van der Waals surface area contributed by atoms with Gasteiger partial charge in [0.05, 0.1) is 32.0 Å². The minimum absolute atomic E-state index is 0.216. The second-order valence-corrected chi connectivity index (χ2v) is 5.51. The lowest BCUT2D eigenvalue weighted by Gasteiger charge is -2.09. The molecular formula is C18H16ClNO4. The molecule has 3 rings (SSSR count). The molecule has 1 N–H and O–H groups in total. The van der Waals surface area contributed by atoms with E-state index in [-0.39, 0.29) is 6.61 Å². The summed E-state index contributed by atoms with van der Waals surface area (Å²) in [6, 6.07) is 12.5. The first-order valence-electron chi connectivity index (χ1n) is 7.25. The van der Waals surface area contributed by atoms with Crippen LogP contribution in [0.1, 0.15) is 5.56 Å². The third-order valence-electron chi connectivity index (χ3n) is 3.72. The number of methoxy groups -OCH3 is 2. The predicted octanol–water partition coefficient (Wildman–Crippen LogP) is 4.17. The predicted molar refractivity (Wildman–Crippen MR) is 91.4 cm³/mol. The fourth-order valence-electron chi connectivity index (χ4n) is 2.49. The monoisotopic (exact) mass is 345 g/mol. The van der Waals surface area contributed by atoms with Gasteiger partial charge in [0.1, 0.15) is 17.2 Å². The highest BCUT2D eigenvalue weighted by molar-refractivity contribution is 6.30. The van der Waals surface area contributed by atoms with Gasteiger partial charge < -0.3 is 19.1 Å². The zero-order valence-corrected chi connectivity index (χ0v) is 14.0. The summed E-state index contributed by atoms with van der Waals surface area (Å²) in [6.45, 7) is -0.216. The van der Waals surface area contributed by atoms with Gasteiger partial charge >= 0.3 is 0 Å². The molecule has 6 heteroatoms. The van der Waals surface area contributed by atoms with Crippen molar-refractivity contribution >= 4 is 11.6 Å². The number of ether oxygens (including phenoxy) is 2. The van der Waals surface area contributed by atoms with Gasteiger partial charge in [-0.2, -0.15) is 0 Å². The maximum absolute atomic E-state index is 9.84. The fraction of sp³-hybridized carbons (Fsp3) is 0.167. The molecule has 0 unspecified atom stereocenters. The Morgan fingerprint density at radius 2 is 1.83 bits per heavy atom.